The molecule has 0 aromatic heterocycles. The van der Waals surface area contributed by atoms with Crippen molar-refractivity contribution in [2.24, 2.45) is 11.8 Å². The summed E-state index contributed by atoms with van der Waals surface area (Å²) in [6.07, 6.45) is 0.797. The third kappa shape index (κ3) is 6.09. The van der Waals surface area contributed by atoms with Crippen molar-refractivity contribution in [2.75, 3.05) is 6.54 Å². The zero-order chi connectivity index (χ0) is 15.8. The van der Waals surface area contributed by atoms with E-state index in [0.717, 1.165) is 6.42 Å². The molecule has 2 N–H and O–H groups in total. The Hall–Kier alpha value is -2.35. The molecule has 0 saturated heterocycles. The molecule has 21 heavy (non-hydrogen) atoms. The molecule has 1 rings (SSSR count). The highest BCUT2D eigenvalue weighted by Gasteiger charge is 2.16. The third-order valence-electron chi connectivity index (χ3n) is 3.10. The molecule has 0 aliphatic carbocycles. The molecule has 5 heteroatoms. The highest BCUT2D eigenvalue weighted by Crippen LogP contribution is 2.15. The summed E-state index contributed by atoms with van der Waals surface area (Å²) in [5.41, 5.74) is 0.961. The van der Waals surface area contributed by atoms with Crippen LogP contribution >= 0.6 is 0 Å². The number of nitrogens with one attached hydrogen (secondary N) is 1. The van der Waals surface area contributed by atoms with Crippen LogP contribution in [0.5, 0.6) is 0 Å². The van der Waals surface area contributed by atoms with Gasteiger partial charge in [-0.2, -0.15) is 5.26 Å². The minimum absolute atomic E-state index is 0.0475. The van der Waals surface area contributed by atoms with E-state index in [-0.39, 0.29) is 18.2 Å². The van der Waals surface area contributed by atoms with Gasteiger partial charge in [0.25, 0.3) is 5.91 Å². The molecule has 1 amide bonds. The number of benzene rings is 1. The predicted molar refractivity (Wildman–Crippen MR) is 78.7 cm³/mol. The van der Waals surface area contributed by atoms with Crippen LogP contribution in [0.3, 0.4) is 0 Å². The number of nitrogens with zero attached hydrogens (tertiary/aromatic N) is 1. The molecule has 1 aromatic rings. The Morgan fingerprint density at radius 1 is 1.29 bits per heavy atom. The molecule has 1 aromatic carbocycles. The van der Waals surface area contributed by atoms with Crippen molar-refractivity contribution in [2.45, 2.75) is 26.7 Å². The standard InChI is InChI=1S/C16H20N2O3/c1-11(2)7-13(8-15(19)20)10-18-16(21)14-5-3-12(9-17)4-6-14/h3-6,11,13H,7-8,10H2,1-2H3,(H,18,21)(H,19,20). The number of carbonyl (C=O) groups is 2. The van der Waals surface area contributed by atoms with Crippen molar-refractivity contribution in [1.29, 1.82) is 5.26 Å². The van der Waals surface area contributed by atoms with E-state index in [4.69, 9.17) is 10.4 Å². The summed E-state index contributed by atoms with van der Waals surface area (Å²) in [4.78, 5) is 22.8. The number of aliphatic carboxylic acids is 1. The summed E-state index contributed by atoms with van der Waals surface area (Å²) >= 11 is 0. The van der Waals surface area contributed by atoms with Gasteiger partial charge in [0.2, 0.25) is 0 Å². The summed E-state index contributed by atoms with van der Waals surface area (Å²) in [6.45, 7) is 4.39. The van der Waals surface area contributed by atoms with Crippen LogP contribution in [0.15, 0.2) is 24.3 Å². The number of carboxylic acids is 1. The molecule has 112 valence electrons. The first-order valence-electron chi connectivity index (χ1n) is 6.92. The van der Waals surface area contributed by atoms with Crippen molar-refractivity contribution >= 4 is 11.9 Å². The molecular formula is C16H20N2O3. The molecule has 0 saturated carbocycles. The van der Waals surface area contributed by atoms with Gasteiger partial charge in [0.1, 0.15) is 0 Å². The number of hydrogen-bond acceptors (Lipinski definition) is 3. The summed E-state index contributed by atoms with van der Waals surface area (Å²) < 4.78 is 0. The molecule has 1 atom stereocenters. The maximum absolute atomic E-state index is 12.0. The zero-order valence-electron chi connectivity index (χ0n) is 12.3. The van der Waals surface area contributed by atoms with Crippen molar-refractivity contribution in [1.82, 2.24) is 5.32 Å². The molecule has 0 aliphatic heterocycles. The quantitative estimate of drug-likeness (QED) is 0.806. The predicted octanol–water partition coefficient (Wildman–Crippen LogP) is 2.43. The molecule has 0 aliphatic rings. The molecule has 0 spiro atoms. The van der Waals surface area contributed by atoms with E-state index in [1.54, 1.807) is 24.3 Å². The average Bonchev–Trinajstić information content (AvgIpc) is 2.43. The largest absolute Gasteiger partial charge is 0.481 e. The lowest BCUT2D eigenvalue weighted by molar-refractivity contribution is -0.138. The van der Waals surface area contributed by atoms with Gasteiger partial charge >= 0.3 is 5.97 Å². The minimum atomic E-state index is -0.853. The van der Waals surface area contributed by atoms with Crippen molar-refractivity contribution in [3.05, 3.63) is 35.4 Å². The molecular weight excluding hydrogens is 268 g/mol. The summed E-state index contributed by atoms with van der Waals surface area (Å²) in [6, 6.07) is 8.32. The number of amides is 1. The summed E-state index contributed by atoms with van der Waals surface area (Å²) in [7, 11) is 0. The van der Waals surface area contributed by atoms with Gasteiger partial charge in [-0.1, -0.05) is 13.8 Å². The Morgan fingerprint density at radius 2 is 1.90 bits per heavy atom. The Bertz CT molecular complexity index is 529. The molecule has 0 heterocycles. The monoisotopic (exact) mass is 288 g/mol. The average molecular weight is 288 g/mol. The maximum atomic E-state index is 12.0. The fourth-order valence-electron chi connectivity index (χ4n) is 2.19. The Morgan fingerprint density at radius 3 is 2.38 bits per heavy atom. The van der Waals surface area contributed by atoms with E-state index in [2.05, 4.69) is 5.32 Å². The number of carboxylic acid groups (broad SMARTS) is 1. The lowest BCUT2D eigenvalue weighted by atomic mass is 9.94. The van der Waals surface area contributed by atoms with E-state index < -0.39 is 5.97 Å². The summed E-state index contributed by atoms with van der Waals surface area (Å²) in [5.74, 6) is -0.807. The smallest absolute Gasteiger partial charge is 0.303 e. The summed E-state index contributed by atoms with van der Waals surface area (Å²) in [5, 5.41) is 20.4. The first kappa shape index (κ1) is 16.7. The Kier molecular flexibility index (Phi) is 6.41. The molecule has 1 unspecified atom stereocenters. The highest BCUT2D eigenvalue weighted by atomic mass is 16.4. The lowest BCUT2D eigenvalue weighted by Crippen LogP contribution is -2.31. The normalized spacial score (nSPS) is 11.7. The van der Waals surface area contributed by atoms with Crippen molar-refractivity contribution in [3.63, 3.8) is 0 Å². The number of hydrogen-bond donors (Lipinski definition) is 2. The number of nitriles is 1. The highest BCUT2D eigenvalue weighted by molar-refractivity contribution is 5.94. The maximum Gasteiger partial charge on any atom is 0.303 e. The van der Waals surface area contributed by atoms with Gasteiger partial charge < -0.3 is 10.4 Å². The van der Waals surface area contributed by atoms with Crippen molar-refractivity contribution < 1.29 is 14.7 Å². The van der Waals surface area contributed by atoms with Crippen LogP contribution in [0.1, 0.15) is 42.6 Å². The SMILES string of the molecule is CC(C)CC(CNC(=O)c1ccc(C#N)cc1)CC(=O)O. The van der Waals surface area contributed by atoms with E-state index in [9.17, 15) is 9.59 Å². The number of carbonyl (C=O) groups excluding carboxylic acids is 1. The molecule has 0 bridgehead atoms. The van der Waals surface area contributed by atoms with E-state index in [1.165, 1.54) is 0 Å². The Balaban J connectivity index is 2.59. The second-order valence-corrected chi connectivity index (χ2v) is 5.49. The topological polar surface area (TPSA) is 90.2 Å². The van der Waals surface area contributed by atoms with E-state index >= 15 is 0 Å². The van der Waals surface area contributed by atoms with Gasteiger partial charge in [-0.05, 0) is 42.5 Å². The minimum Gasteiger partial charge on any atom is -0.481 e. The molecule has 5 nitrogen and oxygen atoms in total. The van der Waals surface area contributed by atoms with E-state index in [1.807, 2.05) is 19.9 Å². The van der Waals surface area contributed by atoms with Crippen LogP contribution in [-0.2, 0) is 4.79 Å². The van der Waals surface area contributed by atoms with Crippen LogP contribution in [0.4, 0.5) is 0 Å². The van der Waals surface area contributed by atoms with E-state index in [0.29, 0.717) is 23.6 Å². The lowest BCUT2D eigenvalue weighted by Gasteiger charge is -2.17. The fraction of sp³-hybridized carbons (Fsp3) is 0.438. The van der Waals surface area contributed by atoms with Crippen LogP contribution in [-0.4, -0.2) is 23.5 Å². The van der Waals surface area contributed by atoms with Gasteiger partial charge in [0, 0.05) is 18.5 Å². The number of rotatable bonds is 7. The van der Waals surface area contributed by atoms with Crippen molar-refractivity contribution in [3.8, 4) is 6.07 Å². The first-order chi connectivity index (χ1) is 9.92. The van der Waals surface area contributed by atoms with Gasteiger partial charge in [-0.25, -0.2) is 0 Å². The second kappa shape index (κ2) is 8.05. The van der Waals surface area contributed by atoms with Crippen LogP contribution in [0.25, 0.3) is 0 Å². The van der Waals surface area contributed by atoms with Gasteiger partial charge in [-0.3, -0.25) is 9.59 Å². The second-order valence-electron chi connectivity index (χ2n) is 5.49. The van der Waals surface area contributed by atoms with Crippen LogP contribution in [0.2, 0.25) is 0 Å². The zero-order valence-corrected chi connectivity index (χ0v) is 12.3. The van der Waals surface area contributed by atoms with Crippen LogP contribution in [0, 0.1) is 23.2 Å². The van der Waals surface area contributed by atoms with Gasteiger partial charge in [-0.15, -0.1) is 0 Å². The Labute approximate surface area is 124 Å². The van der Waals surface area contributed by atoms with Gasteiger partial charge in [0.15, 0.2) is 0 Å². The molecule has 0 fully saturated rings. The molecule has 0 radical (unpaired) electrons. The van der Waals surface area contributed by atoms with Gasteiger partial charge in [0.05, 0.1) is 11.6 Å². The van der Waals surface area contributed by atoms with Crippen LogP contribution < -0.4 is 5.32 Å². The first-order valence-corrected chi connectivity index (χ1v) is 6.92. The fourth-order valence-corrected chi connectivity index (χ4v) is 2.19. The third-order valence-corrected chi connectivity index (χ3v) is 3.10.